The van der Waals surface area contributed by atoms with Gasteiger partial charge in [0.05, 0.1) is 11.7 Å². The van der Waals surface area contributed by atoms with Gasteiger partial charge in [-0.25, -0.2) is 0 Å². The highest BCUT2D eigenvalue weighted by atomic mass is 16.5. The van der Waals surface area contributed by atoms with Gasteiger partial charge in [0.1, 0.15) is 11.2 Å². The van der Waals surface area contributed by atoms with Crippen molar-refractivity contribution in [1.82, 2.24) is 0 Å². The number of allylic oxidation sites excluding steroid dienone is 3. The van der Waals surface area contributed by atoms with Gasteiger partial charge >= 0.3 is 0 Å². The standard InChI is InChI=1S/C18H20O5/c1-17(2)8-10(19)12-14(20)11-9-4-6-18(22-3,7-5-9)13(11)15(21)16(12)23-17/h4,6,9-10,19H,5,7-8H2,1-3H3/t9-,10?,18-/m1/s1. The summed E-state index contributed by atoms with van der Waals surface area (Å²) in [6, 6.07) is 0. The van der Waals surface area contributed by atoms with Crippen molar-refractivity contribution in [3.63, 3.8) is 0 Å². The molecule has 0 saturated heterocycles. The van der Waals surface area contributed by atoms with E-state index in [9.17, 15) is 14.7 Å². The molecule has 5 nitrogen and oxygen atoms in total. The smallest absolute Gasteiger partial charge is 0.227 e. The van der Waals surface area contributed by atoms with Crippen LogP contribution >= 0.6 is 0 Å². The van der Waals surface area contributed by atoms with Gasteiger partial charge in [-0.3, -0.25) is 9.59 Å². The van der Waals surface area contributed by atoms with Gasteiger partial charge < -0.3 is 14.6 Å². The van der Waals surface area contributed by atoms with E-state index in [-0.39, 0.29) is 28.8 Å². The number of Topliss-reactive ketones (excluding diaryl/α,β-unsaturated/α-hetero) is 2. The van der Waals surface area contributed by atoms with Gasteiger partial charge in [-0.05, 0) is 26.7 Å². The summed E-state index contributed by atoms with van der Waals surface area (Å²) in [7, 11) is 1.56. The first-order valence-electron chi connectivity index (χ1n) is 7.99. The van der Waals surface area contributed by atoms with Gasteiger partial charge in [0.25, 0.3) is 0 Å². The molecule has 122 valence electrons. The molecule has 2 bridgehead atoms. The van der Waals surface area contributed by atoms with E-state index in [4.69, 9.17) is 9.47 Å². The lowest BCUT2D eigenvalue weighted by atomic mass is 9.62. The Morgan fingerprint density at radius 3 is 2.61 bits per heavy atom. The number of methoxy groups -OCH3 is 1. The average Bonchev–Trinajstić information content (AvgIpc) is 2.51. The third-order valence-corrected chi connectivity index (χ3v) is 5.42. The first kappa shape index (κ1) is 14.8. The highest BCUT2D eigenvalue weighted by Gasteiger charge is 2.55. The molecule has 0 amide bonds. The fourth-order valence-corrected chi connectivity index (χ4v) is 4.33. The molecule has 5 rings (SSSR count). The van der Waals surface area contributed by atoms with Crippen LogP contribution in [0.4, 0.5) is 0 Å². The normalized spacial score (nSPS) is 37.7. The monoisotopic (exact) mass is 316 g/mol. The summed E-state index contributed by atoms with van der Waals surface area (Å²) in [5, 5.41) is 10.4. The van der Waals surface area contributed by atoms with Crippen LogP contribution in [-0.4, -0.2) is 41.1 Å². The molecule has 5 aliphatic rings. The maximum Gasteiger partial charge on any atom is 0.227 e. The van der Waals surface area contributed by atoms with Crippen molar-refractivity contribution < 1.29 is 24.2 Å². The maximum atomic E-state index is 13.1. The van der Waals surface area contributed by atoms with E-state index in [0.717, 1.165) is 6.42 Å². The fourth-order valence-electron chi connectivity index (χ4n) is 4.33. The van der Waals surface area contributed by atoms with E-state index in [0.29, 0.717) is 24.0 Å². The molecule has 4 aliphatic carbocycles. The number of aliphatic hydroxyl groups excluding tert-OH is 1. The molecular weight excluding hydrogens is 296 g/mol. The number of hydrogen-bond donors (Lipinski definition) is 1. The molecule has 0 aromatic rings. The average molecular weight is 316 g/mol. The number of aliphatic hydroxyl groups is 1. The minimum atomic E-state index is -0.970. The molecule has 23 heavy (non-hydrogen) atoms. The molecule has 1 N–H and O–H groups in total. The molecular formula is C18H20O5. The predicted octanol–water partition coefficient (Wildman–Crippen LogP) is 1.61. The van der Waals surface area contributed by atoms with Crippen molar-refractivity contribution in [2.75, 3.05) is 7.11 Å². The molecule has 5 heteroatoms. The van der Waals surface area contributed by atoms with Crippen LogP contribution in [0.3, 0.4) is 0 Å². The molecule has 1 heterocycles. The largest absolute Gasteiger partial charge is 0.483 e. The summed E-state index contributed by atoms with van der Waals surface area (Å²) < 4.78 is 11.5. The number of ether oxygens (including phenoxy) is 2. The fraction of sp³-hybridized carbons (Fsp3) is 0.556. The minimum absolute atomic E-state index is 0.00914. The summed E-state index contributed by atoms with van der Waals surface area (Å²) in [6.07, 6.45) is 4.61. The van der Waals surface area contributed by atoms with Gasteiger partial charge in [-0.2, -0.15) is 0 Å². The van der Waals surface area contributed by atoms with Crippen LogP contribution in [0.5, 0.6) is 0 Å². The summed E-state index contributed by atoms with van der Waals surface area (Å²) in [5.74, 6) is -0.630. The van der Waals surface area contributed by atoms with Crippen LogP contribution in [0.1, 0.15) is 33.1 Å². The number of hydrogen-bond acceptors (Lipinski definition) is 5. The van der Waals surface area contributed by atoms with Crippen molar-refractivity contribution in [3.05, 3.63) is 34.6 Å². The molecule has 0 radical (unpaired) electrons. The third-order valence-electron chi connectivity index (χ3n) is 5.42. The van der Waals surface area contributed by atoms with Crippen molar-refractivity contribution in [2.24, 2.45) is 5.92 Å². The van der Waals surface area contributed by atoms with E-state index in [1.807, 2.05) is 12.2 Å². The van der Waals surface area contributed by atoms with Crippen molar-refractivity contribution in [1.29, 1.82) is 0 Å². The second-order valence-corrected chi connectivity index (χ2v) is 7.37. The zero-order valence-corrected chi connectivity index (χ0v) is 13.5. The Labute approximate surface area is 134 Å². The molecule has 0 aromatic carbocycles. The van der Waals surface area contributed by atoms with E-state index in [1.54, 1.807) is 21.0 Å². The van der Waals surface area contributed by atoms with E-state index in [2.05, 4.69) is 0 Å². The first-order chi connectivity index (χ1) is 10.8. The van der Waals surface area contributed by atoms with E-state index < -0.39 is 17.3 Å². The molecule has 3 atom stereocenters. The van der Waals surface area contributed by atoms with E-state index in [1.165, 1.54) is 0 Å². The topological polar surface area (TPSA) is 72.8 Å². The molecule has 0 fully saturated rings. The lowest BCUT2D eigenvalue weighted by Gasteiger charge is -2.47. The van der Waals surface area contributed by atoms with Gasteiger partial charge in [0.15, 0.2) is 11.5 Å². The van der Waals surface area contributed by atoms with Crippen LogP contribution in [0.15, 0.2) is 34.6 Å². The van der Waals surface area contributed by atoms with Crippen LogP contribution < -0.4 is 0 Å². The minimum Gasteiger partial charge on any atom is -0.483 e. The Kier molecular flexibility index (Phi) is 2.86. The lowest BCUT2D eigenvalue weighted by molar-refractivity contribution is -0.129. The highest BCUT2D eigenvalue weighted by molar-refractivity contribution is 6.26. The zero-order valence-electron chi connectivity index (χ0n) is 13.5. The first-order valence-corrected chi connectivity index (χ1v) is 7.99. The molecule has 0 saturated carbocycles. The van der Waals surface area contributed by atoms with Crippen LogP contribution in [0.25, 0.3) is 0 Å². The Hall–Kier alpha value is -1.72. The summed E-state index contributed by atoms with van der Waals surface area (Å²) >= 11 is 0. The number of rotatable bonds is 1. The van der Waals surface area contributed by atoms with Gasteiger partial charge in [-0.1, -0.05) is 12.2 Å². The molecule has 0 spiro atoms. The van der Waals surface area contributed by atoms with Gasteiger partial charge in [0.2, 0.25) is 5.78 Å². The second kappa shape index (κ2) is 4.42. The number of ketones is 2. The van der Waals surface area contributed by atoms with Crippen LogP contribution in [-0.2, 0) is 19.1 Å². The second-order valence-electron chi connectivity index (χ2n) is 7.37. The number of fused-ring (bicyclic) bond motifs is 1. The van der Waals surface area contributed by atoms with Gasteiger partial charge in [-0.15, -0.1) is 0 Å². The Morgan fingerprint density at radius 1 is 1.26 bits per heavy atom. The number of carbonyl (C=O) groups is 2. The highest BCUT2D eigenvalue weighted by Crippen LogP contribution is 2.51. The van der Waals surface area contributed by atoms with Crippen molar-refractivity contribution in [3.8, 4) is 0 Å². The summed E-state index contributed by atoms with van der Waals surface area (Å²) in [6.45, 7) is 3.61. The Bertz CT molecular complexity index is 724. The molecule has 1 aliphatic heterocycles. The summed E-state index contributed by atoms with van der Waals surface area (Å²) in [4.78, 5) is 26.1. The quantitative estimate of drug-likeness (QED) is 0.588. The Balaban J connectivity index is 1.90. The Morgan fingerprint density at radius 2 is 2.00 bits per heavy atom. The summed E-state index contributed by atoms with van der Waals surface area (Å²) in [5.41, 5.74) is -0.499. The van der Waals surface area contributed by atoms with Crippen molar-refractivity contribution in [2.45, 2.75) is 50.4 Å². The van der Waals surface area contributed by atoms with E-state index >= 15 is 0 Å². The van der Waals surface area contributed by atoms with Crippen LogP contribution in [0, 0.1) is 5.92 Å². The molecule has 1 unspecified atom stereocenters. The van der Waals surface area contributed by atoms with Crippen LogP contribution in [0.2, 0.25) is 0 Å². The lowest BCUT2D eigenvalue weighted by Crippen LogP contribution is -2.51. The zero-order chi connectivity index (χ0) is 16.6. The SMILES string of the molecule is CO[C@]12C=C[C@H](CC1)C1=C2C(=O)C2=C(C1=O)C(O)CC(C)(C)O2. The maximum absolute atomic E-state index is 13.1. The predicted molar refractivity (Wildman–Crippen MR) is 81.5 cm³/mol. The number of carbonyl (C=O) groups excluding carboxylic acids is 2. The van der Waals surface area contributed by atoms with Gasteiger partial charge in [0, 0.05) is 30.6 Å². The molecule has 0 aromatic heterocycles. The third kappa shape index (κ3) is 1.80. The van der Waals surface area contributed by atoms with Crippen molar-refractivity contribution >= 4 is 11.6 Å².